The number of rotatable bonds is 3. The second-order valence-corrected chi connectivity index (χ2v) is 9.05. The second kappa shape index (κ2) is 7.18. The molecule has 26 heavy (non-hydrogen) atoms. The normalized spacial score (nSPS) is 22.6. The largest absolute Gasteiger partial charge is 0.339 e. The molecule has 1 unspecified atom stereocenters. The zero-order valence-corrected chi connectivity index (χ0v) is 15.9. The van der Waals surface area contributed by atoms with E-state index in [9.17, 15) is 13.2 Å². The van der Waals surface area contributed by atoms with Gasteiger partial charge in [0.15, 0.2) is 0 Å². The lowest BCUT2D eigenvalue weighted by atomic mass is 10.0. The van der Waals surface area contributed by atoms with Gasteiger partial charge in [-0.25, -0.2) is 8.42 Å². The fourth-order valence-electron chi connectivity index (χ4n) is 3.56. The van der Waals surface area contributed by atoms with Crippen molar-refractivity contribution in [3.8, 4) is 0 Å². The molecule has 140 valence electrons. The first-order chi connectivity index (χ1) is 12.6. The summed E-state index contributed by atoms with van der Waals surface area (Å²) in [7, 11) is -3.65. The van der Waals surface area contributed by atoms with E-state index in [1.54, 1.807) is 23.1 Å². The number of fused-ring (bicyclic) bond motifs is 1. The van der Waals surface area contributed by atoms with Crippen LogP contribution in [0.15, 0.2) is 23.1 Å². The maximum absolute atomic E-state index is 13.0. The van der Waals surface area contributed by atoms with Gasteiger partial charge in [-0.2, -0.15) is 13.1 Å². The molecule has 1 aromatic heterocycles. The highest BCUT2D eigenvalue weighted by Crippen LogP contribution is 2.25. The van der Waals surface area contributed by atoms with E-state index in [1.807, 2.05) is 0 Å². The third kappa shape index (κ3) is 3.22. The molecule has 0 radical (unpaired) electrons. The molecule has 3 heterocycles. The summed E-state index contributed by atoms with van der Waals surface area (Å²) in [5.41, 5.74) is 1.01. The first-order valence-electron chi connectivity index (χ1n) is 8.81. The van der Waals surface area contributed by atoms with Gasteiger partial charge in [-0.05, 0) is 31.5 Å². The van der Waals surface area contributed by atoms with E-state index in [0.29, 0.717) is 37.2 Å². The standard InChI is InChI=1S/C16H21N5O3S2/c22-16(13-4-1-2-7-17-13)20-8-10-21(11-9-20)26(23,24)14-6-3-5-12-15(14)19-25-18-12/h3,5-6,13,17H,1-2,4,7-11H2. The van der Waals surface area contributed by atoms with Crippen molar-refractivity contribution in [3.05, 3.63) is 18.2 Å². The molecule has 0 bridgehead atoms. The number of sulfonamides is 1. The summed E-state index contributed by atoms with van der Waals surface area (Å²) >= 11 is 1.01. The first-order valence-corrected chi connectivity index (χ1v) is 11.0. The second-order valence-electron chi connectivity index (χ2n) is 6.62. The Morgan fingerprint density at radius 2 is 1.96 bits per heavy atom. The van der Waals surface area contributed by atoms with Gasteiger partial charge in [-0.3, -0.25) is 4.79 Å². The molecule has 1 aromatic carbocycles. The van der Waals surface area contributed by atoms with Crippen molar-refractivity contribution < 1.29 is 13.2 Å². The van der Waals surface area contributed by atoms with Crippen LogP contribution in [-0.2, 0) is 14.8 Å². The lowest BCUT2D eigenvalue weighted by Crippen LogP contribution is -2.55. The van der Waals surface area contributed by atoms with Crippen LogP contribution in [0.4, 0.5) is 0 Å². The summed E-state index contributed by atoms with van der Waals surface area (Å²) in [5.74, 6) is 0.0903. The molecule has 2 aromatic rings. The molecule has 0 aliphatic carbocycles. The summed E-state index contributed by atoms with van der Waals surface area (Å²) in [6.07, 6.45) is 3.02. The van der Waals surface area contributed by atoms with E-state index < -0.39 is 10.0 Å². The highest BCUT2D eigenvalue weighted by Gasteiger charge is 2.34. The van der Waals surface area contributed by atoms with Crippen LogP contribution in [0.5, 0.6) is 0 Å². The minimum atomic E-state index is -3.65. The fourth-order valence-corrected chi connectivity index (χ4v) is 5.74. The summed E-state index contributed by atoms with van der Waals surface area (Å²) in [4.78, 5) is 14.6. The van der Waals surface area contributed by atoms with Crippen LogP contribution in [0.3, 0.4) is 0 Å². The Bertz CT molecular complexity index is 900. The lowest BCUT2D eigenvalue weighted by Gasteiger charge is -2.36. The number of hydrogen-bond donors (Lipinski definition) is 1. The minimum absolute atomic E-state index is 0.0903. The number of amides is 1. The molecule has 0 saturated carbocycles. The van der Waals surface area contributed by atoms with E-state index in [4.69, 9.17) is 0 Å². The van der Waals surface area contributed by atoms with Crippen LogP contribution in [0, 0.1) is 0 Å². The van der Waals surface area contributed by atoms with Gasteiger partial charge in [0.05, 0.1) is 17.8 Å². The molecule has 0 spiro atoms. The van der Waals surface area contributed by atoms with Crippen LogP contribution in [0.1, 0.15) is 19.3 Å². The summed E-state index contributed by atoms with van der Waals surface area (Å²) < 4.78 is 35.7. The molecule has 2 saturated heterocycles. The molecule has 2 fully saturated rings. The number of benzene rings is 1. The van der Waals surface area contributed by atoms with Gasteiger partial charge >= 0.3 is 0 Å². The van der Waals surface area contributed by atoms with E-state index in [-0.39, 0.29) is 16.8 Å². The molecular formula is C16H21N5O3S2. The molecule has 10 heteroatoms. The Labute approximate surface area is 156 Å². The highest BCUT2D eigenvalue weighted by molar-refractivity contribution is 7.89. The van der Waals surface area contributed by atoms with Crippen LogP contribution in [-0.4, -0.2) is 71.0 Å². The van der Waals surface area contributed by atoms with Gasteiger partial charge in [-0.1, -0.05) is 12.5 Å². The molecular weight excluding hydrogens is 374 g/mol. The molecule has 1 N–H and O–H groups in total. The highest BCUT2D eigenvalue weighted by atomic mass is 32.2. The average Bonchev–Trinajstić information content (AvgIpc) is 3.17. The van der Waals surface area contributed by atoms with Gasteiger partial charge in [-0.15, -0.1) is 0 Å². The van der Waals surface area contributed by atoms with Crippen molar-refractivity contribution in [1.82, 2.24) is 23.3 Å². The number of nitrogens with zero attached hydrogens (tertiary/aromatic N) is 4. The van der Waals surface area contributed by atoms with Crippen LogP contribution in [0.25, 0.3) is 11.0 Å². The third-order valence-electron chi connectivity index (χ3n) is 5.03. The van der Waals surface area contributed by atoms with Crippen LogP contribution in [0.2, 0.25) is 0 Å². The van der Waals surface area contributed by atoms with Crippen LogP contribution >= 0.6 is 11.7 Å². The van der Waals surface area contributed by atoms with Gasteiger partial charge in [0.1, 0.15) is 15.9 Å². The Hall–Kier alpha value is -1.62. The number of carbonyl (C=O) groups is 1. The van der Waals surface area contributed by atoms with E-state index >= 15 is 0 Å². The summed E-state index contributed by atoms with van der Waals surface area (Å²) in [6, 6.07) is 4.89. The number of piperidine rings is 1. The zero-order chi connectivity index (χ0) is 18.1. The van der Waals surface area contributed by atoms with Crippen molar-refractivity contribution in [1.29, 1.82) is 0 Å². The quantitative estimate of drug-likeness (QED) is 0.821. The molecule has 2 aliphatic heterocycles. The number of piperazine rings is 1. The maximum Gasteiger partial charge on any atom is 0.245 e. The van der Waals surface area contributed by atoms with Crippen molar-refractivity contribution in [3.63, 3.8) is 0 Å². The van der Waals surface area contributed by atoms with E-state index in [1.165, 1.54) is 4.31 Å². The SMILES string of the molecule is O=C(C1CCCCN1)N1CCN(S(=O)(=O)c2cccc3nsnc23)CC1. The predicted molar refractivity (Wildman–Crippen MR) is 98.4 cm³/mol. The Morgan fingerprint density at radius 1 is 1.15 bits per heavy atom. The van der Waals surface area contributed by atoms with Gasteiger partial charge < -0.3 is 10.2 Å². The number of nitrogens with one attached hydrogen (secondary N) is 1. The van der Waals surface area contributed by atoms with E-state index in [0.717, 1.165) is 37.5 Å². The lowest BCUT2D eigenvalue weighted by molar-refractivity contribution is -0.135. The van der Waals surface area contributed by atoms with Crippen molar-refractivity contribution >= 4 is 38.7 Å². The third-order valence-corrected chi connectivity index (χ3v) is 7.50. The number of hydrogen-bond acceptors (Lipinski definition) is 7. The monoisotopic (exact) mass is 395 g/mol. The van der Waals surface area contributed by atoms with Crippen molar-refractivity contribution in [2.24, 2.45) is 0 Å². The van der Waals surface area contributed by atoms with Gasteiger partial charge in [0, 0.05) is 26.2 Å². The molecule has 2 aliphatic rings. The Balaban J connectivity index is 1.47. The molecule has 1 atom stereocenters. The minimum Gasteiger partial charge on any atom is -0.339 e. The Kier molecular flexibility index (Phi) is 4.91. The van der Waals surface area contributed by atoms with Crippen molar-refractivity contribution in [2.75, 3.05) is 32.7 Å². The van der Waals surface area contributed by atoms with Gasteiger partial charge in [0.25, 0.3) is 0 Å². The average molecular weight is 396 g/mol. The smallest absolute Gasteiger partial charge is 0.245 e. The van der Waals surface area contributed by atoms with Crippen molar-refractivity contribution in [2.45, 2.75) is 30.2 Å². The number of carbonyl (C=O) groups excluding carboxylic acids is 1. The van der Waals surface area contributed by atoms with Gasteiger partial charge in [0.2, 0.25) is 15.9 Å². The molecule has 8 nitrogen and oxygen atoms in total. The molecule has 1 amide bonds. The Morgan fingerprint density at radius 3 is 2.69 bits per heavy atom. The molecule has 4 rings (SSSR count). The first kappa shape index (κ1) is 17.8. The summed E-state index contributed by atoms with van der Waals surface area (Å²) in [6.45, 7) is 2.31. The number of aromatic nitrogens is 2. The van der Waals surface area contributed by atoms with Crippen LogP contribution < -0.4 is 5.32 Å². The van der Waals surface area contributed by atoms with E-state index in [2.05, 4.69) is 14.1 Å². The summed E-state index contributed by atoms with van der Waals surface area (Å²) in [5, 5.41) is 3.26. The fraction of sp³-hybridized carbons (Fsp3) is 0.562. The topological polar surface area (TPSA) is 95.5 Å². The predicted octanol–water partition coefficient (Wildman–Crippen LogP) is 0.666. The zero-order valence-electron chi connectivity index (χ0n) is 14.3. The maximum atomic E-state index is 13.0.